The van der Waals surface area contributed by atoms with Crippen LogP contribution in [-0.2, 0) is 11.3 Å². The van der Waals surface area contributed by atoms with Crippen LogP contribution in [0.3, 0.4) is 0 Å². The monoisotopic (exact) mass is 241 g/mol. The fourth-order valence-corrected chi connectivity index (χ4v) is 2.64. The Morgan fingerprint density at radius 2 is 2.31 bits per heavy atom. The van der Waals surface area contributed by atoms with E-state index in [4.69, 9.17) is 11.5 Å². The van der Waals surface area contributed by atoms with Crippen molar-refractivity contribution in [2.45, 2.75) is 31.8 Å². The lowest BCUT2D eigenvalue weighted by molar-refractivity contribution is -0.124. The quantitative estimate of drug-likeness (QED) is 0.773. The number of nitrogen functional groups attached to an aromatic ring is 1. The molecule has 1 fully saturated rings. The highest BCUT2D eigenvalue weighted by Crippen LogP contribution is 2.21. The van der Waals surface area contributed by atoms with E-state index in [1.54, 1.807) is 0 Å². The Morgan fingerprint density at radius 1 is 1.50 bits per heavy atom. The molecule has 2 heterocycles. The van der Waals surface area contributed by atoms with Gasteiger partial charge in [-0.25, -0.2) is 0 Å². The molecule has 1 unspecified atom stereocenters. The maximum Gasteiger partial charge on any atom is 0.234 e. The molecule has 7 heteroatoms. The molecule has 1 aliphatic rings. The molecule has 0 aromatic carbocycles. The van der Waals surface area contributed by atoms with Crippen molar-refractivity contribution in [3.63, 3.8) is 0 Å². The maximum absolute atomic E-state index is 11.3. The SMILES string of the molecule is NC(=O)C1CCCCN1Cc1nnc(N)s1. The predicted octanol–water partition coefficient (Wildman–Crippen LogP) is -0.0399. The number of hydrogen-bond acceptors (Lipinski definition) is 6. The van der Waals surface area contributed by atoms with Gasteiger partial charge in [-0.05, 0) is 19.4 Å². The van der Waals surface area contributed by atoms with Gasteiger partial charge in [-0.1, -0.05) is 17.8 Å². The second-order valence-corrected chi connectivity index (χ2v) is 5.01. The van der Waals surface area contributed by atoms with E-state index in [1.165, 1.54) is 11.3 Å². The number of carbonyl (C=O) groups excluding carboxylic acids is 1. The van der Waals surface area contributed by atoms with E-state index >= 15 is 0 Å². The zero-order valence-corrected chi connectivity index (χ0v) is 9.74. The fraction of sp³-hybridized carbons (Fsp3) is 0.667. The van der Waals surface area contributed by atoms with E-state index in [-0.39, 0.29) is 11.9 Å². The van der Waals surface area contributed by atoms with Crippen LogP contribution >= 0.6 is 11.3 Å². The Hall–Kier alpha value is -1.21. The van der Waals surface area contributed by atoms with Crippen LogP contribution in [0.4, 0.5) is 5.13 Å². The Balaban J connectivity index is 2.03. The number of nitrogens with zero attached hydrogens (tertiary/aromatic N) is 3. The van der Waals surface area contributed by atoms with Crippen molar-refractivity contribution < 1.29 is 4.79 Å². The van der Waals surface area contributed by atoms with Crippen LogP contribution in [0.25, 0.3) is 0 Å². The normalized spacial score (nSPS) is 22.1. The summed E-state index contributed by atoms with van der Waals surface area (Å²) < 4.78 is 0. The van der Waals surface area contributed by atoms with Crippen molar-refractivity contribution in [3.05, 3.63) is 5.01 Å². The van der Waals surface area contributed by atoms with Gasteiger partial charge in [-0.15, -0.1) is 10.2 Å². The molecule has 0 spiro atoms. The molecule has 4 N–H and O–H groups in total. The van der Waals surface area contributed by atoms with Crippen molar-refractivity contribution >= 4 is 22.4 Å². The molecule has 0 saturated carbocycles. The van der Waals surface area contributed by atoms with Crippen molar-refractivity contribution in [2.24, 2.45) is 5.73 Å². The standard InChI is InChI=1S/C9H15N5OS/c10-8(15)6-3-1-2-4-14(6)5-7-12-13-9(11)16-7/h6H,1-5H2,(H2,10,15)(H2,11,13). The third-order valence-corrected chi connectivity index (χ3v) is 3.50. The number of rotatable bonds is 3. The third-order valence-electron chi connectivity index (χ3n) is 2.76. The minimum Gasteiger partial charge on any atom is -0.374 e. The summed E-state index contributed by atoms with van der Waals surface area (Å²) in [4.78, 5) is 13.3. The van der Waals surface area contributed by atoms with Crippen molar-refractivity contribution in [1.29, 1.82) is 0 Å². The van der Waals surface area contributed by atoms with E-state index in [9.17, 15) is 4.79 Å². The molecule has 1 aliphatic heterocycles. The molecule has 1 aromatic heterocycles. The molecule has 1 amide bonds. The fourth-order valence-electron chi connectivity index (χ4n) is 2.01. The summed E-state index contributed by atoms with van der Waals surface area (Å²) >= 11 is 1.36. The number of primary amides is 1. The lowest BCUT2D eigenvalue weighted by Crippen LogP contribution is -2.47. The number of amides is 1. The van der Waals surface area contributed by atoms with Gasteiger partial charge in [0, 0.05) is 0 Å². The van der Waals surface area contributed by atoms with Crippen molar-refractivity contribution in [3.8, 4) is 0 Å². The largest absolute Gasteiger partial charge is 0.374 e. The zero-order chi connectivity index (χ0) is 11.5. The molecule has 0 aliphatic carbocycles. The lowest BCUT2D eigenvalue weighted by atomic mass is 10.0. The summed E-state index contributed by atoms with van der Waals surface area (Å²) in [5, 5.41) is 9.01. The molecule has 88 valence electrons. The average Bonchev–Trinajstić information content (AvgIpc) is 2.64. The smallest absolute Gasteiger partial charge is 0.234 e. The van der Waals surface area contributed by atoms with Crippen LogP contribution in [0.5, 0.6) is 0 Å². The van der Waals surface area contributed by atoms with Crippen LogP contribution in [0.15, 0.2) is 0 Å². The molecule has 6 nitrogen and oxygen atoms in total. The van der Waals surface area contributed by atoms with Gasteiger partial charge in [0.1, 0.15) is 5.01 Å². The number of anilines is 1. The molecule has 1 atom stereocenters. The number of hydrogen-bond donors (Lipinski definition) is 2. The molecule has 0 radical (unpaired) electrons. The minimum absolute atomic E-state index is 0.168. The third kappa shape index (κ3) is 2.48. The van der Waals surface area contributed by atoms with Crippen molar-refractivity contribution in [1.82, 2.24) is 15.1 Å². The van der Waals surface area contributed by atoms with Crippen LogP contribution in [-0.4, -0.2) is 33.6 Å². The first kappa shape index (κ1) is 11.3. The van der Waals surface area contributed by atoms with Gasteiger partial charge in [-0.2, -0.15) is 0 Å². The van der Waals surface area contributed by atoms with E-state index in [2.05, 4.69) is 15.1 Å². The zero-order valence-electron chi connectivity index (χ0n) is 8.93. The van der Waals surface area contributed by atoms with E-state index in [1.807, 2.05) is 0 Å². The van der Waals surface area contributed by atoms with Gasteiger partial charge >= 0.3 is 0 Å². The molecule has 1 aromatic rings. The van der Waals surface area contributed by atoms with Gasteiger partial charge in [0.25, 0.3) is 0 Å². The Kier molecular flexibility index (Phi) is 3.35. The summed E-state index contributed by atoms with van der Waals surface area (Å²) in [5.74, 6) is -0.253. The summed E-state index contributed by atoms with van der Waals surface area (Å²) in [6.07, 6.45) is 2.99. The topological polar surface area (TPSA) is 98.1 Å². The molecule has 0 bridgehead atoms. The molecule has 2 rings (SSSR count). The van der Waals surface area contributed by atoms with E-state index in [0.717, 1.165) is 30.8 Å². The number of aromatic nitrogens is 2. The average molecular weight is 241 g/mol. The highest BCUT2D eigenvalue weighted by molar-refractivity contribution is 7.15. The summed E-state index contributed by atoms with van der Waals surface area (Å²) in [6, 6.07) is -0.168. The number of piperidine rings is 1. The number of likely N-dealkylation sites (tertiary alicyclic amines) is 1. The van der Waals surface area contributed by atoms with Crippen molar-refractivity contribution in [2.75, 3.05) is 12.3 Å². The maximum atomic E-state index is 11.3. The summed E-state index contributed by atoms with van der Waals surface area (Å²) in [7, 11) is 0. The highest BCUT2D eigenvalue weighted by Gasteiger charge is 2.27. The van der Waals surface area contributed by atoms with Gasteiger partial charge < -0.3 is 11.5 Å². The second kappa shape index (κ2) is 4.75. The second-order valence-electron chi connectivity index (χ2n) is 3.92. The van der Waals surface area contributed by atoms with Gasteiger partial charge in [0.2, 0.25) is 11.0 Å². The molecular formula is C9H15N5OS. The Morgan fingerprint density at radius 3 is 2.94 bits per heavy atom. The minimum atomic E-state index is -0.253. The van der Waals surface area contributed by atoms with E-state index < -0.39 is 0 Å². The number of nitrogens with two attached hydrogens (primary N) is 2. The Labute approximate surface area is 97.6 Å². The van der Waals surface area contributed by atoms with Gasteiger partial charge in [0.05, 0.1) is 12.6 Å². The summed E-state index contributed by atoms with van der Waals surface area (Å²) in [5.41, 5.74) is 10.9. The van der Waals surface area contributed by atoms with Gasteiger partial charge in [0.15, 0.2) is 0 Å². The van der Waals surface area contributed by atoms with Crippen LogP contribution in [0, 0.1) is 0 Å². The van der Waals surface area contributed by atoms with Gasteiger partial charge in [-0.3, -0.25) is 9.69 Å². The lowest BCUT2D eigenvalue weighted by Gasteiger charge is -2.32. The first-order valence-corrected chi connectivity index (χ1v) is 6.09. The van der Waals surface area contributed by atoms with E-state index in [0.29, 0.717) is 11.7 Å². The summed E-state index contributed by atoms with van der Waals surface area (Å²) in [6.45, 7) is 1.50. The Bertz CT molecular complexity index is 380. The first-order chi connectivity index (χ1) is 7.66. The van der Waals surface area contributed by atoms with Crippen LogP contribution < -0.4 is 11.5 Å². The predicted molar refractivity (Wildman–Crippen MR) is 61.6 cm³/mol. The molecule has 1 saturated heterocycles. The highest BCUT2D eigenvalue weighted by atomic mass is 32.1. The van der Waals surface area contributed by atoms with Crippen LogP contribution in [0.2, 0.25) is 0 Å². The number of carbonyl (C=O) groups is 1. The molecular weight excluding hydrogens is 226 g/mol. The first-order valence-electron chi connectivity index (χ1n) is 5.28. The molecule has 16 heavy (non-hydrogen) atoms. The van der Waals surface area contributed by atoms with Crippen LogP contribution in [0.1, 0.15) is 24.3 Å².